The van der Waals surface area contributed by atoms with Crippen molar-refractivity contribution >= 4 is 5.97 Å². The predicted octanol–water partition coefficient (Wildman–Crippen LogP) is 3.58. The first-order valence-corrected chi connectivity index (χ1v) is 9.60. The van der Waals surface area contributed by atoms with Crippen LogP contribution in [0.4, 0.5) is 0 Å². The Morgan fingerprint density at radius 3 is 2.80 bits per heavy atom. The minimum atomic E-state index is -0.459. The molecule has 0 bridgehead atoms. The molecule has 0 radical (unpaired) electrons. The van der Waals surface area contributed by atoms with Gasteiger partial charge in [0.05, 0.1) is 0 Å². The molecule has 3 atom stereocenters. The van der Waals surface area contributed by atoms with Crippen LogP contribution in [0.1, 0.15) is 51.9 Å². The summed E-state index contributed by atoms with van der Waals surface area (Å²) >= 11 is 0. The molecule has 0 aromatic carbocycles. The second-order valence-corrected chi connectivity index (χ2v) is 6.86. The van der Waals surface area contributed by atoms with Crippen molar-refractivity contribution in [1.82, 2.24) is 0 Å². The first-order valence-electron chi connectivity index (χ1n) is 9.60. The van der Waals surface area contributed by atoms with Gasteiger partial charge in [0.15, 0.2) is 0 Å². The molecule has 1 N–H and O–H groups in total. The number of hydrogen-bond donors (Lipinski definition) is 1. The maximum absolute atomic E-state index is 12.3. The highest BCUT2D eigenvalue weighted by Crippen LogP contribution is 2.42. The topological polar surface area (TPSA) is 65.0 Å². The van der Waals surface area contributed by atoms with Gasteiger partial charge in [-0.1, -0.05) is 31.9 Å². The van der Waals surface area contributed by atoms with Crippen LogP contribution in [0.3, 0.4) is 0 Å². The van der Waals surface area contributed by atoms with Crippen LogP contribution < -0.4 is 0 Å². The molecule has 0 saturated heterocycles. The van der Waals surface area contributed by atoms with Gasteiger partial charge >= 0.3 is 5.97 Å². The molecule has 1 heterocycles. The van der Waals surface area contributed by atoms with E-state index in [0.717, 1.165) is 6.42 Å². The average Bonchev–Trinajstić information content (AvgIpc) is 2.65. The van der Waals surface area contributed by atoms with E-state index in [1.807, 2.05) is 13.0 Å². The largest absolute Gasteiger partial charge is 0.457 e. The molecule has 0 aromatic heterocycles. The van der Waals surface area contributed by atoms with Gasteiger partial charge in [-0.05, 0) is 50.5 Å². The van der Waals surface area contributed by atoms with Crippen LogP contribution >= 0.6 is 0 Å². The number of aliphatic hydroxyl groups excluding tert-OH is 1. The molecule has 2 aliphatic rings. The quantitative estimate of drug-likeness (QED) is 0.507. The summed E-state index contributed by atoms with van der Waals surface area (Å²) in [6, 6.07) is 0. The monoisotopic (exact) mass is 352 g/mol. The smallest absolute Gasteiger partial charge is 0.373 e. The van der Waals surface area contributed by atoms with E-state index in [9.17, 15) is 9.90 Å². The average molecular weight is 352 g/mol. The number of carbonyl (C=O) groups excluding carboxylic acids is 1. The van der Waals surface area contributed by atoms with E-state index in [0.29, 0.717) is 18.9 Å². The highest BCUT2D eigenvalue weighted by molar-refractivity contribution is 5.86. The molecule has 142 valence electrons. The van der Waals surface area contributed by atoms with Crippen molar-refractivity contribution in [2.45, 2.75) is 58.2 Å². The minimum Gasteiger partial charge on any atom is -0.457 e. The third-order valence-electron chi connectivity index (χ3n) is 5.19. The summed E-state index contributed by atoms with van der Waals surface area (Å²) in [5, 5.41) is 9.27. The molecule has 2 rings (SSSR count). The third kappa shape index (κ3) is 5.58. The fourth-order valence-electron chi connectivity index (χ4n) is 4.04. The Balaban J connectivity index is 2.23. The van der Waals surface area contributed by atoms with Crippen molar-refractivity contribution in [1.29, 1.82) is 0 Å². The lowest BCUT2D eigenvalue weighted by atomic mass is 9.71. The summed E-state index contributed by atoms with van der Waals surface area (Å²) < 4.78 is 16.9. The van der Waals surface area contributed by atoms with Gasteiger partial charge in [-0.25, -0.2) is 4.79 Å². The van der Waals surface area contributed by atoms with E-state index < -0.39 is 12.3 Å². The predicted molar refractivity (Wildman–Crippen MR) is 95.6 cm³/mol. The van der Waals surface area contributed by atoms with Crippen LogP contribution in [0.2, 0.25) is 0 Å². The molecule has 0 spiro atoms. The van der Waals surface area contributed by atoms with Gasteiger partial charge in [0, 0.05) is 19.1 Å². The van der Waals surface area contributed by atoms with Gasteiger partial charge < -0.3 is 19.3 Å². The maximum atomic E-state index is 12.3. The number of rotatable bonds is 9. The fourth-order valence-corrected chi connectivity index (χ4v) is 4.04. The lowest BCUT2D eigenvalue weighted by Crippen LogP contribution is -2.40. The first-order chi connectivity index (χ1) is 12.2. The van der Waals surface area contributed by atoms with Gasteiger partial charge in [0.1, 0.15) is 6.61 Å². The molecule has 5 heteroatoms. The van der Waals surface area contributed by atoms with E-state index in [2.05, 4.69) is 6.58 Å². The second-order valence-electron chi connectivity index (χ2n) is 6.86. The Morgan fingerprint density at radius 1 is 1.40 bits per heavy atom. The van der Waals surface area contributed by atoms with Crippen molar-refractivity contribution in [3.8, 4) is 0 Å². The number of allylic oxidation sites excluding steroid dienone is 1. The second kappa shape index (κ2) is 10.6. The number of ether oxygens (including phenoxy) is 3. The third-order valence-corrected chi connectivity index (χ3v) is 5.19. The summed E-state index contributed by atoms with van der Waals surface area (Å²) in [5.74, 6) is 0.725. The van der Waals surface area contributed by atoms with Gasteiger partial charge in [-0.3, -0.25) is 0 Å². The Morgan fingerprint density at radius 2 is 2.16 bits per heavy atom. The van der Waals surface area contributed by atoms with Gasteiger partial charge in [0.25, 0.3) is 0 Å². The van der Waals surface area contributed by atoms with E-state index >= 15 is 0 Å². The van der Waals surface area contributed by atoms with Crippen molar-refractivity contribution in [2.24, 2.45) is 17.8 Å². The molecule has 0 aromatic rings. The Bertz CT molecular complexity index is 453. The Kier molecular flexibility index (Phi) is 8.49. The highest BCUT2D eigenvalue weighted by atomic mass is 16.7. The standard InChI is InChI=1S/C20H32O5/c1-3-13-24-19(22)18-14-17(15-9-6-5-7-10-15)16(11-8-12-21)20(25-18)23-4-2/h3,14-17,20-21H,1,4-13H2,2H3/t16-,17+,20+/m1/s1. The first kappa shape index (κ1) is 20.0. The van der Waals surface area contributed by atoms with E-state index in [4.69, 9.17) is 14.2 Å². The minimum absolute atomic E-state index is 0.157. The van der Waals surface area contributed by atoms with E-state index in [1.54, 1.807) is 6.08 Å². The van der Waals surface area contributed by atoms with Crippen molar-refractivity contribution in [3.05, 3.63) is 24.5 Å². The number of aliphatic hydroxyl groups is 1. The SMILES string of the molecule is C=CCOC(=O)C1=C[C@@H](C2CCCCC2)[C@@H](CCCO)[C@@H](OCC)O1. The Labute approximate surface area is 151 Å². The molecule has 25 heavy (non-hydrogen) atoms. The molecular formula is C20H32O5. The zero-order valence-corrected chi connectivity index (χ0v) is 15.3. The van der Waals surface area contributed by atoms with Crippen LogP contribution in [0.15, 0.2) is 24.5 Å². The number of hydrogen-bond acceptors (Lipinski definition) is 5. The highest BCUT2D eigenvalue weighted by Gasteiger charge is 2.41. The van der Waals surface area contributed by atoms with Crippen LogP contribution in [0.25, 0.3) is 0 Å². The van der Waals surface area contributed by atoms with Gasteiger partial charge in [-0.15, -0.1) is 0 Å². The molecule has 5 nitrogen and oxygen atoms in total. The van der Waals surface area contributed by atoms with Crippen LogP contribution in [0, 0.1) is 17.8 Å². The molecule has 0 unspecified atom stereocenters. The molecule has 0 amide bonds. The Hall–Kier alpha value is -1.33. The molecule has 1 fully saturated rings. The summed E-state index contributed by atoms with van der Waals surface area (Å²) in [5.41, 5.74) is 0. The van der Waals surface area contributed by atoms with Crippen molar-refractivity contribution in [2.75, 3.05) is 19.8 Å². The molecule has 1 aliphatic carbocycles. The van der Waals surface area contributed by atoms with Crippen molar-refractivity contribution < 1.29 is 24.1 Å². The van der Waals surface area contributed by atoms with Gasteiger partial charge in [0.2, 0.25) is 12.0 Å². The maximum Gasteiger partial charge on any atom is 0.373 e. The summed E-state index contributed by atoms with van der Waals surface area (Å²) in [4.78, 5) is 12.3. The summed E-state index contributed by atoms with van der Waals surface area (Å²) in [7, 11) is 0. The lowest BCUT2D eigenvalue weighted by molar-refractivity contribution is -0.184. The van der Waals surface area contributed by atoms with Gasteiger partial charge in [-0.2, -0.15) is 0 Å². The lowest BCUT2D eigenvalue weighted by Gasteiger charge is -2.41. The number of carbonyl (C=O) groups is 1. The summed E-state index contributed by atoms with van der Waals surface area (Å²) in [6.07, 6.45) is 10.7. The van der Waals surface area contributed by atoms with E-state index in [1.165, 1.54) is 32.1 Å². The molecule has 1 aliphatic heterocycles. The zero-order chi connectivity index (χ0) is 18.1. The number of esters is 1. The van der Waals surface area contributed by atoms with E-state index in [-0.39, 0.29) is 30.8 Å². The van der Waals surface area contributed by atoms with Crippen LogP contribution in [-0.4, -0.2) is 37.2 Å². The summed E-state index contributed by atoms with van der Waals surface area (Å²) in [6.45, 7) is 6.34. The zero-order valence-electron chi connectivity index (χ0n) is 15.3. The normalized spacial score (nSPS) is 27.3. The molecule has 1 saturated carbocycles. The fraction of sp³-hybridized carbons (Fsp3) is 0.750. The van der Waals surface area contributed by atoms with Crippen molar-refractivity contribution in [3.63, 3.8) is 0 Å². The van der Waals surface area contributed by atoms with Crippen LogP contribution in [0.5, 0.6) is 0 Å². The molecular weight excluding hydrogens is 320 g/mol. The van der Waals surface area contributed by atoms with Crippen LogP contribution in [-0.2, 0) is 19.0 Å².